The van der Waals surface area contributed by atoms with Gasteiger partial charge in [-0.25, -0.2) is 0 Å². The summed E-state index contributed by atoms with van der Waals surface area (Å²) < 4.78 is 1.02. The molecule has 0 spiro atoms. The molecule has 0 aliphatic carbocycles. The first-order chi connectivity index (χ1) is 8.86. The minimum Gasteiger partial charge on any atom is -0.425 e. The maximum atomic E-state index is 10.1. The molecular formula is C14H11N3O. The second-order valence-electron chi connectivity index (χ2n) is 3.89. The van der Waals surface area contributed by atoms with E-state index in [0.717, 1.165) is 15.9 Å². The molecule has 0 amide bonds. The van der Waals surface area contributed by atoms with E-state index in [2.05, 4.69) is 10.2 Å². The molecule has 0 fully saturated rings. The third-order valence-electron chi connectivity index (χ3n) is 2.70. The van der Waals surface area contributed by atoms with Crippen molar-refractivity contribution in [3.05, 3.63) is 60.7 Å². The summed E-state index contributed by atoms with van der Waals surface area (Å²) in [6.07, 6.45) is 0. The van der Waals surface area contributed by atoms with Gasteiger partial charge in [0, 0.05) is 11.1 Å². The molecule has 0 aliphatic rings. The highest BCUT2D eigenvalue weighted by Crippen LogP contribution is 2.22. The molecule has 0 atom stereocenters. The van der Waals surface area contributed by atoms with Gasteiger partial charge in [0.2, 0.25) is 0 Å². The maximum absolute atomic E-state index is 10.1. The molecule has 0 radical (unpaired) electrons. The molecule has 0 aliphatic heterocycles. The van der Waals surface area contributed by atoms with E-state index in [4.69, 9.17) is 0 Å². The van der Waals surface area contributed by atoms with Crippen molar-refractivity contribution in [2.24, 2.45) is 0 Å². The third-order valence-corrected chi connectivity index (χ3v) is 2.70. The number of benzene rings is 2. The normalized spacial score (nSPS) is 10.4. The van der Waals surface area contributed by atoms with Gasteiger partial charge >= 0.3 is 0 Å². The number of hydrogen-bond donors (Lipinski definition) is 1. The first-order valence-corrected chi connectivity index (χ1v) is 5.62. The molecule has 3 rings (SSSR count). The van der Waals surface area contributed by atoms with Crippen LogP contribution >= 0.6 is 0 Å². The Kier molecular flexibility index (Phi) is 2.53. The Morgan fingerprint density at radius 2 is 1.06 bits per heavy atom. The van der Waals surface area contributed by atoms with E-state index < -0.39 is 0 Å². The van der Waals surface area contributed by atoms with E-state index in [-0.39, 0.29) is 0 Å². The molecule has 1 heterocycles. The summed E-state index contributed by atoms with van der Waals surface area (Å²) in [6.45, 7) is 0. The fraction of sp³-hybridized carbons (Fsp3) is 0. The molecule has 4 heteroatoms. The van der Waals surface area contributed by atoms with E-state index in [9.17, 15) is 5.21 Å². The van der Waals surface area contributed by atoms with Crippen LogP contribution in [-0.4, -0.2) is 20.1 Å². The molecule has 1 aromatic heterocycles. The summed E-state index contributed by atoms with van der Waals surface area (Å²) in [7, 11) is 0. The fourth-order valence-electron chi connectivity index (χ4n) is 1.81. The molecule has 0 saturated heterocycles. The molecule has 3 aromatic rings. The van der Waals surface area contributed by atoms with Crippen LogP contribution in [0.2, 0.25) is 0 Å². The highest BCUT2D eigenvalue weighted by molar-refractivity contribution is 5.61. The zero-order valence-corrected chi connectivity index (χ0v) is 9.56. The molecule has 2 aromatic carbocycles. The summed E-state index contributed by atoms with van der Waals surface area (Å²) in [5, 5.41) is 18.2. The first-order valence-electron chi connectivity index (χ1n) is 5.62. The van der Waals surface area contributed by atoms with Crippen molar-refractivity contribution in [1.82, 2.24) is 14.9 Å². The topological polar surface area (TPSA) is 50.9 Å². The van der Waals surface area contributed by atoms with Crippen molar-refractivity contribution < 1.29 is 5.21 Å². The SMILES string of the molecule is On1c(-c2ccccc2)nnc1-c1ccccc1. The summed E-state index contributed by atoms with van der Waals surface area (Å²) in [5.74, 6) is 0.879. The van der Waals surface area contributed by atoms with Crippen molar-refractivity contribution in [3.63, 3.8) is 0 Å². The maximum Gasteiger partial charge on any atom is 0.199 e. The van der Waals surface area contributed by atoms with Crippen molar-refractivity contribution in [2.45, 2.75) is 0 Å². The Labute approximate surface area is 104 Å². The van der Waals surface area contributed by atoms with Gasteiger partial charge in [0.15, 0.2) is 11.6 Å². The number of hydrogen-bond acceptors (Lipinski definition) is 3. The van der Waals surface area contributed by atoms with Gasteiger partial charge in [-0.2, -0.15) is 0 Å². The Hall–Kier alpha value is -2.62. The Morgan fingerprint density at radius 3 is 1.44 bits per heavy atom. The van der Waals surface area contributed by atoms with Crippen LogP contribution in [0.5, 0.6) is 0 Å². The quantitative estimate of drug-likeness (QED) is 0.697. The monoisotopic (exact) mass is 237 g/mol. The second-order valence-corrected chi connectivity index (χ2v) is 3.89. The van der Waals surface area contributed by atoms with Crippen LogP contribution in [0.4, 0.5) is 0 Å². The van der Waals surface area contributed by atoms with E-state index >= 15 is 0 Å². The predicted molar refractivity (Wildman–Crippen MR) is 68.1 cm³/mol. The lowest BCUT2D eigenvalue weighted by Gasteiger charge is -2.02. The van der Waals surface area contributed by atoms with Crippen LogP contribution in [0.3, 0.4) is 0 Å². The van der Waals surface area contributed by atoms with Gasteiger partial charge in [0.1, 0.15) is 0 Å². The predicted octanol–water partition coefficient (Wildman–Crippen LogP) is 2.85. The van der Waals surface area contributed by atoms with Crippen molar-refractivity contribution in [1.29, 1.82) is 0 Å². The van der Waals surface area contributed by atoms with Crippen LogP contribution in [0.1, 0.15) is 0 Å². The molecular weight excluding hydrogens is 226 g/mol. The van der Waals surface area contributed by atoms with Crippen LogP contribution in [0.25, 0.3) is 22.8 Å². The lowest BCUT2D eigenvalue weighted by atomic mass is 10.2. The van der Waals surface area contributed by atoms with Crippen molar-refractivity contribution in [2.75, 3.05) is 0 Å². The molecule has 4 nitrogen and oxygen atoms in total. The van der Waals surface area contributed by atoms with Gasteiger partial charge in [0.05, 0.1) is 0 Å². The van der Waals surface area contributed by atoms with Crippen LogP contribution < -0.4 is 0 Å². The van der Waals surface area contributed by atoms with Gasteiger partial charge in [-0.1, -0.05) is 60.7 Å². The van der Waals surface area contributed by atoms with Crippen molar-refractivity contribution >= 4 is 0 Å². The average molecular weight is 237 g/mol. The minimum absolute atomic E-state index is 0.439. The molecule has 0 bridgehead atoms. The van der Waals surface area contributed by atoms with E-state index in [1.807, 2.05) is 60.7 Å². The van der Waals surface area contributed by atoms with Crippen LogP contribution in [0, 0.1) is 0 Å². The Bertz CT molecular complexity index is 590. The van der Waals surface area contributed by atoms with E-state index in [1.54, 1.807) is 0 Å². The van der Waals surface area contributed by atoms with Crippen LogP contribution in [0.15, 0.2) is 60.7 Å². The zero-order valence-electron chi connectivity index (χ0n) is 9.56. The standard InChI is InChI=1S/C14H11N3O/c18-17-13(11-7-3-1-4-8-11)15-16-14(17)12-9-5-2-6-10-12/h1-10,18H. The summed E-state index contributed by atoms with van der Waals surface area (Å²) >= 11 is 0. The lowest BCUT2D eigenvalue weighted by molar-refractivity contribution is 0.194. The molecule has 0 unspecified atom stereocenters. The zero-order chi connectivity index (χ0) is 12.4. The molecule has 88 valence electrons. The summed E-state index contributed by atoms with van der Waals surface area (Å²) in [5.41, 5.74) is 1.66. The van der Waals surface area contributed by atoms with Crippen LogP contribution in [-0.2, 0) is 0 Å². The molecule has 0 saturated carbocycles. The van der Waals surface area contributed by atoms with Gasteiger partial charge < -0.3 is 5.21 Å². The Morgan fingerprint density at radius 1 is 0.667 bits per heavy atom. The first kappa shape index (κ1) is 10.5. The highest BCUT2D eigenvalue weighted by Gasteiger charge is 2.13. The smallest absolute Gasteiger partial charge is 0.199 e. The highest BCUT2D eigenvalue weighted by atomic mass is 16.5. The van der Waals surface area contributed by atoms with Gasteiger partial charge in [-0.15, -0.1) is 14.9 Å². The van der Waals surface area contributed by atoms with Crippen molar-refractivity contribution in [3.8, 4) is 22.8 Å². The minimum atomic E-state index is 0.439. The molecule has 1 N–H and O–H groups in total. The van der Waals surface area contributed by atoms with E-state index in [1.165, 1.54) is 0 Å². The lowest BCUT2D eigenvalue weighted by Crippen LogP contribution is -1.97. The van der Waals surface area contributed by atoms with Gasteiger partial charge in [-0.05, 0) is 0 Å². The number of rotatable bonds is 2. The summed E-state index contributed by atoms with van der Waals surface area (Å²) in [4.78, 5) is 0. The largest absolute Gasteiger partial charge is 0.425 e. The second kappa shape index (κ2) is 4.33. The van der Waals surface area contributed by atoms with E-state index in [0.29, 0.717) is 11.6 Å². The van der Waals surface area contributed by atoms with Gasteiger partial charge in [-0.3, -0.25) is 0 Å². The molecule has 18 heavy (non-hydrogen) atoms. The summed E-state index contributed by atoms with van der Waals surface area (Å²) in [6, 6.07) is 18.9. The van der Waals surface area contributed by atoms with Gasteiger partial charge in [0.25, 0.3) is 0 Å². The third kappa shape index (κ3) is 1.73. The number of aromatic nitrogens is 3. The number of nitrogens with zero attached hydrogens (tertiary/aromatic N) is 3. The average Bonchev–Trinajstić information content (AvgIpc) is 2.83. The fourth-order valence-corrected chi connectivity index (χ4v) is 1.81. The Balaban J connectivity index is 2.09.